The number of fused-ring (bicyclic) bond motifs is 1. The molecule has 0 N–H and O–H groups in total. The Labute approximate surface area is 264 Å². The van der Waals surface area contributed by atoms with Crippen LogP contribution in [0.3, 0.4) is 0 Å². The summed E-state index contributed by atoms with van der Waals surface area (Å²) in [7, 11) is 0. The van der Waals surface area contributed by atoms with Gasteiger partial charge < -0.3 is 0 Å². The van der Waals surface area contributed by atoms with Crippen molar-refractivity contribution in [3.8, 4) is 0 Å². The molecule has 0 aliphatic heterocycles. The van der Waals surface area contributed by atoms with E-state index in [1.807, 2.05) is 36.4 Å². The minimum absolute atomic E-state index is 0.104. The Morgan fingerprint density at radius 3 is 1.02 bits per heavy atom. The van der Waals surface area contributed by atoms with Crippen LogP contribution >= 0.6 is 0 Å². The van der Waals surface area contributed by atoms with Crippen LogP contribution in [0.25, 0.3) is 27.9 Å². The largest absolute Gasteiger partial charge is 0.292 e. The smallest absolute Gasteiger partial charge is 0.183 e. The molecule has 8 rings (SSSR count). The molecule has 6 aromatic carbocycles. The van der Waals surface area contributed by atoms with E-state index in [2.05, 4.69) is 146 Å². The molecule has 1 heteroatoms. The fourth-order valence-corrected chi connectivity index (χ4v) is 7.35. The normalized spacial score (nSPS) is 17.6. The van der Waals surface area contributed by atoms with E-state index in [1.165, 1.54) is 0 Å². The second-order valence-electron chi connectivity index (χ2n) is 11.5. The Morgan fingerprint density at radius 2 is 0.600 bits per heavy atom. The molecule has 0 amide bonds. The van der Waals surface area contributed by atoms with E-state index >= 15 is 4.79 Å². The van der Waals surface area contributed by atoms with Gasteiger partial charge >= 0.3 is 0 Å². The second kappa shape index (κ2) is 11.0. The van der Waals surface area contributed by atoms with E-state index in [4.69, 9.17) is 0 Å². The zero-order valence-electron chi connectivity index (χ0n) is 24.7. The summed E-state index contributed by atoms with van der Waals surface area (Å²) < 4.78 is 0. The van der Waals surface area contributed by atoms with Crippen LogP contribution in [0.2, 0.25) is 0 Å². The lowest BCUT2D eigenvalue weighted by atomic mass is 9.67. The molecule has 1 nitrogen and oxygen atoms in total. The predicted molar refractivity (Wildman–Crippen MR) is 186 cm³/mol. The lowest BCUT2D eigenvalue weighted by molar-refractivity contribution is -0.115. The summed E-state index contributed by atoms with van der Waals surface area (Å²) in [6.07, 6.45) is 0. The third kappa shape index (κ3) is 4.12. The predicted octanol–water partition coefficient (Wildman–Crippen LogP) is 10.2. The van der Waals surface area contributed by atoms with Crippen LogP contribution in [0.4, 0.5) is 0 Å². The number of hydrogen-bond donors (Lipinski definition) is 0. The van der Waals surface area contributed by atoms with Crippen molar-refractivity contribution in [1.82, 2.24) is 0 Å². The summed E-state index contributed by atoms with van der Waals surface area (Å²) in [5.41, 5.74) is 11.1. The lowest BCUT2D eigenvalue weighted by Gasteiger charge is -2.32. The Morgan fingerprint density at radius 1 is 0.289 bits per heavy atom. The van der Waals surface area contributed by atoms with Crippen LogP contribution in [-0.4, -0.2) is 5.78 Å². The first-order valence-corrected chi connectivity index (χ1v) is 15.4. The zero-order valence-corrected chi connectivity index (χ0v) is 24.7. The number of hydrogen-bond acceptors (Lipinski definition) is 1. The third-order valence-electron chi connectivity index (χ3n) is 9.09. The van der Waals surface area contributed by atoms with Gasteiger partial charge in [-0.3, -0.25) is 4.79 Å². The molecule has 0 spiro atoms. The van der Waals surface area contributed by atoms with Crippen LogP contribution < -0.4 is 0 Å². The highest BCUT2D eigenvalue weighted by molar-refractivity contribution is 6.49. The first-order valence-electron chi connectivity index (χ1n) is 15.4. The molecule has 45 heavy (non-hydrogen) atoms. The van der Waals surface area contributed by atoms with E-state index in [0.29, 0.717) is 0 Å². The fraction of sp³-hybridized carbons (Fsp3) is 0.0227. The van der Waals surface area contributed by atoms with Gasteiger partial charge in [0.2, 0.25) is 0 Å². The van der Waals surface area contributed by atoms with Crippen molar-refractivity contribution >= 4 is 33.6 Å². The van der Waals surface area contributed by atoms with Gasteiger partial charge in [0.15, 0.2) is 5.78 Å². The highest BCUT2D eigenvalue weighted by Crippen LogP contribution is 2.67. The summed E-state index contributed by atoms with van der Waals surface area (Å²) in [6, 6.07) is 62.8. The Kier molecular flexibility index (Phi) is 6.58. The standard InChI is InChI=1S/C44H30O/c45-43-40(34-25-13-4-14-26-34)39(33-23-11-3-12-24-33)42-38(32-21-9-2-10-22-32)37(31-19-7-1-8-20-31)41(35-27-15-5-16-28-35)44(42,43)36-29-17-6-18-30-36/h1-30H/t44-/m1/s1. The summed E-state index contributed by atoms with van der Waals surface area (Å²) in [6.45, 7) is 0. The topological polar surface area (TPSA) is 17.1 Å². The van der Waals surface area contributed by atoms with Gasteiger partial charge in [-0.1, -0.05) is 182 Å². The van der Waals surface area contributed by atoms with Crippen molar-refractivity contribution in [3.05, 3.63) is 221 Å². The second-order valence-corrected chi connectivity index (χ2v) is 11.5. The molecular weight excluding hydrogens is 544 g/mol. The quantitative estimate of drug-likeness (QED) is 0.193. The molecule has 0 saturated carbocycles. The Hall–Kier alpha value is -5.79. The number of allylic oxidation sites excluding steroid dienone is 6. The van der Waals surface area contributed by atoms with Gasteiger partial charge in [-0.2, -0.15) is 0 Å². The molecule has 0 heterocycles. The Balaban J connectivity index is 1.64. The van der Waals surface area contributed by atoms with Gasteiger partial charge in [0, 0.05) is 5.57 Å². The highest BCUT2D eigenvalue weighted by Gasteiger charge is 2.60. The maximum Gasteiger partial charge on any atom is 0.183 e. The summed E-state index contributed by atoms with van der Waals surface area (Å²) in [5, 5.41) is 0. The summed E-state index contributed by atoms with van der Waals surface area (Å²) in [4.78, 5) is 15.9. The van der Waals surface area contributed by atoms with Crippen molar-refractivity contribution in [2.75, 3.05) is 0 Å². The number of carbonyl (C=O) groups excluding carboxylic acids is 1. The van der Waals surface area contributed by atoms with Crippen LogP contribution in [0, 0.1) is 0 Å². The maximum absolute atomic E-state index is 15.9. The van der Waals surface area contributed by atoms with E-state index < -0.39 is 5.41 Å². The minimum Gasteiger partial charge on any atom is -0.292 e. The van der Waals surface area contributed by atoms with Crippen LogP contribution in [0.1, 0.15) is 33.4 Å². The van der Waals surface area contributed by atoms with E-state index in [-0.39, 0.29) is 5.78 Å². The maximum atomic E-state index is 15.9. The number of ketones is 1. The van der Waals surface area contributed by atoms with E-state index in [0.717, 1.165) is 66.8 Å². The zero-order chi connectivity index (χ0) is 30.2. The van der Waals surface area contributed by atoms with Crippen molar-refractivity contribution < 1.29 is 4.79 Å². The molecule has 0 aromatic heterocycles. The van der Waals surface area contributed by atoms with Crippen LogP contribution in [-0.2, 0) is 10.2 Å². The summed E-state index contributed by atoms with van der Waals surface area (Å²) >= 11 is 0. The summed E-state index contributed by atoms with van der Waals surface area (Å²) in [5.74, 6) is 0.104. The van der Waals surface area contributed by atoms with Crippen LogP contribution in [0.15, 0.2) is 188 Å². The van der Waals surface area contributed by atoms with Crippen molar-refractivity contribution in [3.63, 3.8) is 0 Å². The van der Waals surface area contributed by atoms with E-state index in [1.54, 1.807) is 0 Å². The van der Waals surface area contributed by atoms with Gasteiger partial charge in [-0.05, 0) is 61.2 Å². The van der Waals surface area contributed by atoms with Crippen LogP contribution in [0.5, 0.6) is 0 Å². The van der Waals surface area contributed by atoms with Gasteiger partial charge in [0.05, 0.1) is 0 Å². The molecular formula is C44H30O. The molecule has 1 atom stereocenters. The number of rotatable bonds is 6. The molecule has 2 aliphatic carbocycles. The highest BCUT2D eigenvalue weighted by atomic mass is 16.1. The SMILES string of the molecule is O=C1C(c2ccccc2)=C(c2ccccc2)C2=C(c3ccccc3)C(c3ccccc3)=C(c3ccccc3)[C@@]12c1ccccc1. The first-order chi connectivity index (χ1) is 22.3. The van der Waals surface area contributed by atoms with Gasteiger partial charge in [0.25, 0.3) is 0 Å². The first kappa shape index (κ1) is 26.8. The average Bonchev–Trinajstić information content (AvgIpc) is 3.58. The fourth-order valence-electron chi connectivity index (χ4n) is 7.35. The van der Waals surface area contributed by atoms with Crippen molar-refractivity contribution in [2.45, 2.75) is 5.41 Å². The number of Topliss-reactive ketones (excluding diaryl/α,β-unsaturated/α-hetero) is 1. The molecule has 0 fully saturated rings. The van der Waals surface area contributed by atoms with Gasteiger partial charge in [-0.25, -0.2) is 0 Å². The van der Waals surface area contributed by atoms with Gasteiger partial charge in [0.1, 0.15) is 5.41 Å². The number of carbonyl (C=O) groups is 1. The molecule has 0 bridgehead atoms. The molecule has 0 unspecified atom stereocenters. The average molecular weight is 575 g/mol. The van der Waals surface area contributed by atoms with Gasteiger partial charge in [-0.15, -0.1) is 0 Å². The molecule has 212 valence electrons. The van der Waals surface area contributed by atoms with E-state index in [9.17, 15) is 0 Å². The minimum atomic E-state index is -1.07. The molecule has 2 aliphatic rings. The molecule has 6 aromatic rings. The third-order valence-corrected chi connectivity index (χ3v) is 9.09. The molecule has 0 saturated heterocycles. The van der Waals surface area contributed by atoms with Crippen molar-refractivity contribution in [1.29, 1.82) is 0 Å². The lowest BCUT2D eigenvalue weighted by Crippen LogP contribution is -2.34. The molecule has 0 radical (unpaired) electrons. The Bertz CT molecular complexity index is 2110. The monoisotopic (exact) mass is 574 g/mol. The van der Waals surface area contributed by atoms with Crippen molar-refractivity contribution in [2.24, 2.45) is 0 Å². The number of benzene rings is 6.